The van der Waals surface area contributed by atoms with Crippen LogP contribution in [0.5, 0.6) is 0 Å². The number of amides is 1. The maximum atomic E-state index is 11.8. The summed E-state index contributed by atoms with van der Waals surface area (Å²) in [5.41, 5.74) is 2.38. The molecule has 16 heteroatoms. The predicted octanol–water partition coefficient (Wildman–Crippen LogP) is 2.59. The second kappa shape index (κ2) is 12.5. The Morgan fingerprint density at radius 2 is 1.51 bits per heavy atom. The first kappa shape index (κ1) is 29.5. The molecule has 0 saturated heterocycles. The highest BCUT2D eigenvalue weighted by Gasteiger charge is 2.39. The number of aromatic nitrogens is 3. The van der Waals surface area contributed by atoms with E-state index in [-0.39, 0.29) is 11.8 Å². The van der Waals surface area contributed by atoms with Crippen LogP contribution in [0.1, 0.15) is 29.9 Å². The maximum absolute atomic E-state index is 11.8. The molecular formula is C21H23F6N5O5. The van der Waals surface area contributed by atoms with Crippen molar-refractivity contribution >= 4 is 17.8 Å². The number of carboxylic acids is 2. The molecular weight excluding hydrogens is 516 g/mol. The number of fused-ring (bicyclic) bond motifs is 1. The van der Waals surface area contributed by atoms with E-state index in [4.69, 9.17) is 19.8 Å². The zero-order chi connectivity index (χ0) is 27.8. The summed E-state index contributed by atoms with van der Waals surface area (Å²) in [5.74, 6) is -3.98. The van der Waals surface area contributed by atoms with Crippen LogP contribution in [-0.2, 0) is 40.6 Å². The van der Waals surface area contributed by atoms with Crippen molar-refractivity contribution in [2.75, 3.05) is 6.54 Å². The molecule has 1 saturated carbocycles. The molecule has 3 N–H and O–H groups in total. The Kier molecular flexibility index (Phi) is 9.99. The van der Waals surface area contributed by atoms with E-state index in [0.717, 1.165) is 50.5 Å². The highest BCUT2D eigenvalue weighted by molar-refractivity contribution is 5.80. The average molecular weight is 539 g/mol. The van der Waals surface area contributed by atoms with E-state index in [1.165, 1.54) is 5.56 Å². The van der Waals surface area contributed by atoms with Crippen LogP contribution in [0.2, 0.25) is 0 Å². The molecule has 0 bridgehead atoms. The van der Waals surface area contributed by atoms with E-state index >= 15 is 0 Å². The standard InChI is InChI=1S/C17H21N5O.2C2HF3O2/c23-17(14-1-2-14)20-10-15-9-19-16-12-21(7-8-22(15)16)11-13-3-5-18-6-4-13;2*3-2(4,5)1(6)7/h3-6,9,14H,1-2,7-8,10-12H2,(H,20,23);2*(H,6,7). The molecule has 2 aliphatic rings. The number of nitrogens with zero attached hydrogens (tertiary/aromatic N) is 4. The maximum Gasteiger partial charge on any atom is 0.490 e. The topological polar surface area (TPSA) is 138 Å². The number of hydrogen-bond acceptors (Lipinski definition) is 6. The zero-order valence-corrected chi connectivity index (χ0v) is 19.1. The summed E-state index contributed by atoms with van der Waals surface area (Å²) in [5, 5.41) is 17.3. The van der Waals surface area contributed by atoms with Crippen LogP contribution in [0.3, 0.4) is 0 Å². The Morgan fingerprint density at radius 3 is 2.00 bits per heavy atom. The summed E-state index contributed by atoms with van der Waals surface area (Å²) in [6.07, 6.45) is -2.51. The van der Waals surface area contributed by atoms with Gasteiger partial charge in [-0.15, -0.1) is 0 Å². The largest absolute Gasteiger partial charge is 0.490 e. The number of halogens is 6. The summed E-state index contributed by atoms with van der Waals surface area (Å²) in [6.45, 7) is 4.28. The fourth-order valence-corrected chi connectivity index (χ4v) is 3.06. The molecule has 0 atom stereocenters. The SMILES string of the molecule is O=C(NCc1cnc2n1CCN(Cc1ccncc1)C2)C1CC1.O=C(O)C(F)(F)F.O=C(O)C(F)(F)F. The molecule has 3 heterocycles. The van der Waals surface area contributed by atoms with Crippen LogP contribution in [0.4, 0.5) is 26.3 Å². The van der Waals surface area contributed by atoms with Crippen LogP contribution in [0.15, 0.2) is 30.7 Å². The van der Waals surface area contributed by atoms with Gasteiger partial charge in [0.25, 0.3) is 0 Å². The second-order valence-corrected chi connectivity index (χ2v) is 7.98. The molecule has 0 unspecified atom stereocenters. The lowest BCUT2D eigenvalue weighted by Gasteiger charge is -2.28. The molecule has 37 heavy (non-hydrogen) atoms. The van der Waals surface area contributed by atoms with Crippen LogP contribution < -0.4 is 5.32 Å². The molecule has 10 nitrogen and oxygen atoms in total. The number of carbonyl (C=O) groups is 3. The van der Waals surface area contributed by atoms with Crippen LogP contribution in [-0.4, -0.2) is 66.4 Å². The van der Waals surface area contributed by atoms with Gasteiger partial charge in [-0.2, -0.15) is 26.3 Å². The van der Waals surface area contributed by atoms with Crippen molar-refractivity contribution in [1.82, 2.24) is 24.8 Å². The average Bonchev–Trinajstić information content (AvgIpc) is 3.59. The van der Waals surface area contributed by atoms with Gasteiger partial charge < -0.3 is 20.1 Å². The van der Waals surface area contributed by atoms with Gasteiger partial charge >= 0.3 is 24.3 Å². The molecule has 0 radical (unpaired) electrons. The molecule has 4 rings (SSSR count). The number of imidazole rings is 1. The van der Waals surface area contributed by atoms with Crippen molar-refractivity contribution in [3.05, 3.63) is 47.8 Å². The number of carbonyl (C=O) groups excluding carboxylic acids is 1. The first-order valence-electron chi connectivity index (χ1n) is 10.7. The van der Waals surface area contributed by atoms with Crippen molar-refractivity contribution in [3.63, 3.8) is 0 Å². The molecule has 0 aromatic carbocycles. The molecule has 204 valence electrons. The highest BCUT2D eigenvalue weighted by atomic mass is 19.4. The smallest absolute Gasteiger partial charge is 0.475 e. The number of alkyl halides is 6. The fraction of sp³-hybridized carbons (Fsp3) is 0.476. The predicted molar refractivity (Wildman–Crippen MR) is 113 cm³/mol. The number of aliphatic carboxylic acids is 2. The number of nitrogens with one attached hydrogen (secondary N) is 1. The fourth-order valence-electron chi connectivity index (χ4n) is 3.06. The first-order valence-corrected chi connectivity index (χ1v) is 10.7. The second-order valence-electron chi connectivity index (χ2n) is 7.98. The Morgan fingerprint density at radius 1 is 0.973 bits per heavy atom. The minimum atomic E-state index is -5.08. The van der Waals surface area contributed by atoms with Gasteiger partial charge in [-0.25, -0.2) is 14.6 Å². The lowest BCUT2D eigenvalue weighted by atomic mass is 10.2. The van der Waals surface area contributed by atoms with Crippen LogP contribution in [0, 0.1) is 5.92 Å². The third-order valence-electron chi connectivity index (χ3n) is 5.06. The van der Waals surface area contributed by atoms with Gasteiger partial charge in [0.1, 0.15) is 5.82 Å². The summed E-state index contributed by atoms with van der Waals surface area (Å²) < 4.78 is 65.7. The lowest BCUT2D eigenvalue weighted by Crippen LogP contribution is -2.35. The summed E-state index contributed by atoms with van der Waals surface area (Å²) in [7, 11) is 0. The Bertz CT molecular complexity index is 1050. The summed E-state index contributed by atoms with van der Waals surface area (Å²) in [4.78, 5) is 40.6. The lowest BCUT2D eigenvalue weighted by molar-refractivity contribution is -0.193. The molecule has 1 fully saturated rings. The van der Waals surface area contributed by atoms with Crippen molar-refractivity contribution in [2.45, 2.75) is 51.4 Å². The Labute approximate surface area is 205 Å². The number of rotatable bonds is 5. The zero-order valence-electron chi connectivity index (χ0n) is 19.1. The molecule has 2 aromatic heterocycles. The van der Waals surface area contributed by atoms with Crippen LogP contribution >= 0.6 is 0 Å². The molecule has 1 amide bonds. The van der Waals surface area contributed by atoms with E-state index in [2.05, 4.69) is 36.9 Å². The van der Waals surface area contributed by atoms with E-state index in [0.29, 0.717) is 6.54 Å². The van der Waals surface area contributed by atoms with Crippen molar-refractivity contribution in [3.8, 4) is 0 Å². The number of hydrogen-bond donors (Lipinski definition) is 3. The van der Waals surface area contributed by atoms with E-state index in [1.54, 1.807) is 0 Å². The third-order valence-corrected chi connectivity index (χ3v) is 5.06. The molecule has 0 spiro atoms. The monoisotopic (exact) mass is 539 g/mol. The van der Waals surface area contributed by atoms with Crippen molar-refractivity contribution in [2.24, 2.45) is 5.92 Å². The van der Waals surface area contributed by atoms with Gasteiger partial charge in [-0.1, -0.05) is 0 Å². The van der Waals surface area contributed by atoms with Gasteiger partial charge in [-0.3, -0.25) is 14.7 Å². The van der Waals surface area contributed by atoms with E-state index < -0.39 is 24.3 Å². The summed E-state index contributed by atoms with van der Waals surface area (Å²) >= 11 is 0. The number of pyridine rings is 1. The third kappa shape index (κ3) is 10.1. The van der Waals surface area contributed by atoms with Gasteiger partial charge in [0.05, 0.1) is 25.0 Å². The molecule has 1 aliphatic carbocycles. The van der Waals surface area contributed by atoms with Crippen molar-refractivity contribution < 1.29 is 50.9 Å². The Hall–Kier alpha value is -3.69. The van der Waals surface area contributed by atoms with Gasteiger partial charge in [0.15, 0.2) is 0 Å². The van der Waals surface area contributed by atoms with E-state index in [9.17, 15) is 31.1 Å². The summed E-state index contributed by atoms with van der Waals surface area (Å²) in [6, 6.07) is 4.11. The van der Waals surface area contributed by atoms with Gasteiger partial charge in [0, 0.05) is 37.9 Å². The van der Waals surface area contributed by atoms with Crippen molar-refractivity contribution in [1.29, 1.82) is 0 Å². The highest BCUT2D eigenvalue weighted by Crippen LogP contribution is 2.29. The van der Waals surface area contributed by atoms with Gasteiger partial charge in [0.2, 0.25) is 5.91 Å². The van der Waals surface area contributed by atoms with Gasteiger partial charge in [-0.05, 0) is 30.5 Å². The van der Waals surface area contributed by atoms with E-state index in [1.807, 2.05) is 18.6 Å². The number of carboxylic acid groups (broad SMARTS) is 2. The minimum absolute atomic E-state index is 0.190. The Balaban J connectivity index is 0.000000286. The minimum Gasteiger partial charge on any atom is -0.475 e. The van der Waals surface area contributed by atoms with Crippen LogP contribution in [0.25, 0.3) is 0 Å². The molecule has 1 aliphatic heterocycles. The first-order chi connectivity index (χ1) is 17.2. The quantitative estimate of drug-likeness (QED) is 0.493. The molecule has 2 aromatic rings. The normalized spacial score (nSPS) is 15.3.